The molecule has 78 valence electrons. The topological polar surface area (TPSA) is 29.3 Å². The third kappa shape index (κ3) is 2.10. The molecule has 0 atom stereocenters. The third-order valence-corrected chi connectivity index (χ3v) is 3.05. The molecule has 0 saturated carbocycles. The minimum absolute atomic E-state index is 0.401. The average Bonchev–Trinajstić information content (AvgIpc) is 2.65. The maximum absolute atomic E-state index is 5.70. The Balaban J connectivity index is 1.95. The van der Waals surface area contributed by atoms with E-state index >= 15 is 0 Å². The molecule has 1 saturated heterocycles. The van der Waals surface area contributed by atoms with Gasteiger partial charge in [-0.1, -0.05) is 6.92 Å². The second-order valence-electron chi connectivity index (χ2n) is 3.71. The van der Waals surface area contributed by atoms with Crippen LogP contribution in [-0.2, 0) is 0 Å². The highest BCUT2D eigenvalue weighted by atomic mass is 35.5. The summed E-state index contributed by atoms with van der Waals surface area (Å²) < 4.78 is 5.33. The first kappa shape index (κ1) is 9.99. The van der Waals surface area contributed by atoms with Crippen molar-refractivity contribution < 1.29 is 4.42 Å². The van der Waals surface area contributed by atoms with E-state index in [-0.39, 0.29) is 0 Å². The van der Waals surface area contributed by atoms with Crippen molar-refractivity contribution in [3.05, 3.63) is 17.3 Å². The van der Waals surface area contributed by atoms with Crippen molar-refractivity contribution in [1.82, 2.24) is 9.88 Å². The van der Waals surface area contributed by atoms with Crippen LogP contribution in [0, 0.1) is 0 Å². The van der Waals surface area contributed by atoms with Crippen LogP contribution < -0.4 is 0 Å². The molecule has 0 radical (unpaired) electrons. The number of aromatic nitrogens is 1. The van der Waals surface area contributed by atoms with Crippen molar-refractivity contribution in [3.63, 3.8) is 0 Å². The monoisotopic (exact) mass is 214 g/mol. The SMILES string of the molecule is CCN1CCC(c2ncc(Cl)o2)CC1. The zero-order valence-electron chi connectivity index (χ0n) is 8.37. The number of halogens is 1. The van der Waals surface area contributed by atoms with Gasteiger partial charge in [0.1, 0.15) is 0 Å². The molecule has 3 nitrogen and oxygen atoms in total. The number of hydrogen-bond acceptors (Lipinski definition) is 3. The van der Waals surface area contributed by atoms with Gasteiger partial charge in [-0.2, -0.15) is 0 Å². The maximum Gasteiger partial charge on any atom is 0.213 e. The molecule has 0 unspecified atom stereocenters. The standard InChI is InChI=1S/C10H15ClN2O/c1-2-13-5-3-8(4-6-13)10-12-7-9(11)14-10/h7-8H,2-6H2,1H3. The fourth-order valence-corrected chi connectivity index (χ4v) is 2.08. The van der Waals surface area contributed by atoms with Crippen LogP contribution in [0.1, 0.15) is 31.6 Å². The van der Waals surface area contributed by atoms with E-state index in [1.807, 2.05) is 0 Å². The Labute approximate surface area is 89.1 Å². The highest BCUT2D eigenvalue weighted by molar-refractivity contribution is 6.28. The van der Waals surface area contributed by atoms with Gasteiger partial charge in [-0.25, -0.2) is 4.98 Å². The lowest BCUT2D eigenvalue weighted by molar-refractivity contribution is 0.209. The number of oxazole rings is 1. The van der Waals surface area contributed by atoms with Crippen LogP contribution in [0.4, 0.5) is 0 Å². The Morgan fingerprint density at radius 3 is 2.79 bits per heavy atom. The highest BCUT2D eigenvalue weighted by Gasteiger charge is 2.23. The molecule has 1 aliphatic rings. The molecule has 0 amide bonds. The molecule has 0 aliphatic carbocycles. The lowest BCUT2D eigenvalue weighted by atomic mass is 9.97. The second-order valence-corrected chi connectivity index (χ2v) is 4.08. The van der Waals surface area contributed by atoms with E-state index in [9.17, 15) is 0 Å². The highest BCUT2D eigenvalue weighted by Crippen LogP contribution is 2.28. The Kier molecular flexibility index (Phi) is 3.08. The second kappa shape index (κ2) is 4.32. The van der Waals surface area contributed by atoms with Crippen molar-refractivity contribution in [3.8, 4) is 0 Å². The van der Waals surface area contributed by atoms with Crippen LogP contribution in [0.3, 0.4) is 0 Å². The minimum Gasteiger partial charge on any atom is -0.429 e. The predicted octanol–water partition coefficient (Wildman–Crippen LogP) is 2.53. The summed E-state index contributed by atoms with van der Waals surface area (Å²) in [6.07, 6.45) is 3.85. The van der Waals surface area contributed by atoms with Gasteiger partial charge in [-0.15, -0.1) is 0 Å². The Bertz CT molecular complexity index is 292. The van der Waals surface area contributed by atoms with Gasteiger partial charge in [0.05, 0.1) is 6.20 Å². The van der Waals surface area contributed by atoms with Crippen molar-refractivity contribution in [2.45, 2.75) is 25.7 Å². The molecule has 2 heterocycles. The average molecular weight is 215 g/mol. The molecule has 2 rings (SSSR count). The van der Waals surface area contributed by atoms with E-state index in [1.54, 1.807) is 6.20 Å². The van der Waals surface area contributed by atoms with Crippen molar-refractivity contribution in [2.24, 2.45) is 0 Å². The predicted molar refractivity (Wildman–Crippen MR) is 55.6 cm³/mol. The summed E-state index contributed by atoms with van der Waals surface area (Å²) in [5, 5.41) is 0.401. The first-order chi connectivity index (χ1) is 6.79. The van der Waals surface area contributed by atoms with Crippen molar-refractivity contribution in [2.75, 3.05) is 19.6 Å². The number of nitrogens with zero attached hydrogens (tertiary/aromatic N) is 2. The summed E-state index contributed by atoms with van der Waals surface area (Å²) in [7, 11) is 0. The summed E-state index contributed by atoms with van der Waals surface area (Å²) in [4.78, 5) is 6.62. The Hall–Kier alpha value is -0.540. The van der Waals surface area contributed by atoms with Gasteiger partial charge in [0, 0.05) is 5.92 Å². The first-order valence-corrected chi connectivity index (χ1v) is 5.51. The lowest BCUT2D eigenvalue weighted by Crippen LogP contribution is -2.32. The van der Waals surface area contributed by atoms with Crippen molar-refractivity contribution >= 4 is 11.6 Å². The van der Waals surface area contributed by atoms with Gasteiger partial charge < -0.3 is 9.32 Å². The van der Waals surface area contributed by atoms with Crippen LogP contribution in [0.2, 0.25) is 5.22 Å². The minimum atomic E-state index is 0.401. The van der Waals surface area contributed by atoms with Gasteiger partial charge >= 0.3 is 0 Å². The van der Waals surface area contributed by atoms with Crippen LogP contribution in [-0.4, -0.2) is 29.5 Å². The molecular formula is C10H15ClN2O. The van der Waals surface area contributed by atoms with Crippen LogP contribution in [0.5, 0.6) is 0 Å². The number of rotatable bonds is 2. The van der Waals surface area contributed by atoms with Crippen LogP contribution >= 0.6 is 11.6 Å². The normalized spacial score (nSPS) is 20.1. The summed E-state index contributed by atoms with van der Waals surface area (Å²) in [5.74, 6) is 1.27. The quantitative estimate of drug-likeness (QED) is 0.758. The Morgan fingerprint density at radius 2 is 2.29 bits per heavy atom. The third-order valence-electron chi connectivity index (χ3n) is 2.88. The van der Waals surface area contributed by atoms with E-state index in [0.717, 1.165) is 38.4 Å². The fourth-order valence-electron chi connectivity index (χ4n) is 1.95. The van der Waals surface area contributed by atoms with Crippen LogP contribution in [0.15, 0.2) is 10.6 Å². The molecule has 14 heavy (non-hydrogen) atoms. The number of hydrogen-bond donors (Lipinski definition) is 0. The summed E-state index contributed by atoms with van der Waals surface area (Å²) in [5.41, 5.74) is 0. The molecule has 0 aromatic carbocycles. The van der Waals surface area contributed by atoms with E-state index in [2.05, 4.69) is 16.8 Å². The molecule has 1 aromatic rings. The van der Waals surface area contributed by atoms with Gasteiger partial charge in [0.2, 0.25) is 5.22 Å². The van der Waals surface area contributed by atoms with Crippen LogP contribution in [0.25, 0.3) is 0 Å². The summed E-state index contributed by atoms with van der Waals surface area (Å²) in [6, 6.07) is 0. The molecule has 0 bridgehead atoms. The smallest absolute Gasteiger partial charge is 0.213 e. The summed E-state index contributed by atoms with van der Waals surface area (Å²) >= 11 is 5.70. The molecule has 4 heteroatoms. The molecular weight excluding hydrogens is 200 g/mol. The van der Waals surface area contributed by atoms with E-state index in [4.69, 9.17) is 16.0 Å². The van der Waals surface area contributed by atoms with Crippen molar-refractivity contribution in [1.29, 1.82) is 0 Å². The van der Waals surface area contributed by atoms with Gasteiger partial charge in [-0.3, -0.25) is 0 Å². The van der Waals surface area contributed by atoms with E-state index < -0.39 is 0 Å². The number of likely N-dealkylation sites (tertiary alicyclic amines) is 1. The molecule has 0 spiro atoms. The molecule has 1 fully saturated rings. The van der Waals surface area contributed by atoms with E-state index in [1.165, 1.54) is 0 Å². The first-order valence-electron chi connectivity index (χ1n) is 5.13. The molecule has 0 N–H and O–H groups in total. The fraction of sp³-hybridized carbons (Fsp3) is 0.700. The zero-order valence-corrected chi connectivity index (χ0v) is 9.13. The number of piperidine rings is 1. The van der Waals surface area contributed by atoms with Gasteiger partial charge in [0.15, 0.2) is 5.89 Å². The molecule has 1 aromatic heterocycles. The Morgan fingerprint density at radius 1 is 1.57 bits per heavy atom. The summed E-state index contributed by atoms with van der Waals surface area (Å²) in [6.45, 7) is 5.61. The van der Waals surface area contributed by atoms with Gasteiger partial charge in [-0.05, 0) is 44.1 Å². The zero-order chi connectivity index (χ0) is 9.97. The van der Waals surface area contributed by atoms with Gasteiger partial charge in [0.25, 0.3) is 0 Å². The largest absolute Gasteiger partial charge is 0.429 e. The molecule has 1 aliphatic heterocycles. The lowest BCUT2D eigenvalue weighted by Gasteiger charge is -2.29. The maximum atomic E-state index is 5.70. The van der Waals surface area contributed by atoms with E-state index in [0.29, 0.717) is 11.1 Å².